The van der Waals surface area contributed by atoms with Gasteiger partial charge >= 0.3 is 0 Å². The van der Waals surface area contributed by atoms with Crippen molar-refractivity contribution in [2.45, 2.75) is 32.7 Å². The van der Waals surface area contributed by atoms with Crippen molar-refractivity contribution in [1.82, 2.24) is 5.32 Å². The van der Waals surface area contributed by atoms with Gasteiger partial charge < -0.3 is 10.4 Å². The molecule has 2 nitrogen and oxygen atoms in total. The molecule has 0 amide bonds. The van der Waals surface area contributed by atoms with Gasteiger partial charge in [-0.05, 0) is 31.9 Å². The molecule has 1 aromatic carbocycles. The van der Waals surface area contributed by atoms with Gasteiger partial charge in [0.15, 0.2) is 0 Å². The van der Waals surface area contributed by atoms with Crippen LogP contribution in [0, 0.1) is 0 Å². The second-order valence-corrected chi connectivity index (χ2v) is 4.26. The summed E-state index contributed by atoms with van der Waals surface area (Å²) in [5.41, 5.74) is 2.56. The third-order valence-electron chi connectivity index (χ3n) is 2.78. The lowest BCUT2D eigenvalue weighted by Gasteiger charge is -2.20. The number of aliphatic hydroxyl groups excluding tert-OH is 1. The second-order valence-electron chi connectivity index (χ2n) is 4.26. The Morgan fingerprint density at radius 2 is 2.06 bits per heavy atom. The first-order chi connectivity index (χ1) is 8.29. The monoisotopic (exact) mass is 233 g/mol. The Balaban J connectivity index is 2.80. The molecule has 1 rings (SSSR count). The van der Waals surface area contributed by atoms with Crippen molar-refractivity contribution >= 4 is 0 Å². The minimum Gasteiger partial charge on any atom is -0.396 e. The van der Waals surface area contributed by atoms with Crippen LogP contribution >= 0.6 is 0 Å². The van der Waals surface area contributed by atoms with Crippen LogP contribution in [0.2, 0.25) is 0 Å². The molecule has 0 aliphatic carbocycles. The molecule has 2 heteroatoms. The van der Waals surface area contributed by atoms with Gasteiger partial charge in [0.25, 0.3) is 0 Å². The minimum absolute atomic E-state index is 0.215. The molecular weight excluding hydrogens is 210 g/mol. The summed E-state index contributed by atoms with van der Waals surface area (Å²) in [5.74, 6) is 0. The van der Waals surface area contributed by atoms with Crippen LogP contribution in [0.5, 0.6) is 0 Å². The molecule has 1 aromatic rings. The highest BCUT2D eigenvalue weighted by Gasteiger charge is 2.11. The Kier molecular flexibility index (Phi) is 6.60. The number of aliphatic hydroxyl groups is 1. The molecule has 0 bridgehead atoms. The molecule has 0 heterocycles. The van der Waals surface area contributed by atoms with E-state index in [0.717, 1.165) is 19.4 Å². The van der Waals surface area contributed by atoms with Gasteiger partial charge in [0, 0.05) is 6.61 Å². The van der Waals surface area contributed by atoms with E-state index in [4.69, 9.17) is 5.11 Å². The molecular formula is C15H23NO. The summed E-state index contributed by atoms with van der Waals surface area (Å²) in [4.78, 5) is 0. The SMILES string of the molecule is CCCNC(/C(C)=C/CCO)c1ccccc1. The first kappa shape index (κ1) is 13.9. The number of hydrogen-bond donors (Lipinski definition) is 2. The van der Waals surface area contributed by atoms with Crippen LogP contribution in [-0.2, 0) is 0 Å². The van der Waals surface area contributed by atoms with E-state index in [9.17, 15) is 0 Å². The summed E-state index contributed by atoms with van der Waals surface area (Å²) in [5, 5.41) is 12.4. The molecule has 94 valence electrons. The van der Waals surface area contributed by atoms with Gasteiger partial charge in [-0.1, -0.05) is 48.9 Å². The van der Waals surface area contributed by atoms with Crippen LogP contribution < -0.4 is 5.32 Å². The standard InChI is InChI=1S/C15H23NO/c1-3-11-16-15(13(2)8-7-12-17)14-9-5-4-6-10-14/h4-6,8-10,15-17H,3,7,11-12H2,1-2H3/b13-8+. The lowest BCUT2D eigenvalue weighted by atomic mass is 9.99. The third kappa shape index (κ3) is 4.72. The maximum atomic E-state index is 8.88. The number of benzene rings is 1. The lowest BCUT2D eigenvalue weighted by Crippen LogP contribution is -2.23. The highest BCUT2D eigenvalue weighted by molar-refractivity contribution is 5.27. The molecule has 0 aromatic heterocycles. The van der Waals surface area contributed by atoms with Crippen LogP contribution in [0.15, 0.2) is 42.0 Å². The highest BCUT2D eigenvalue weighted by atomic mass is 16.2. The van der Waals surface area contributed by atoms with Crippen molar-refractivity contribution in [2.75, 3.05) is 13.2 Å². The van der Waals surface area contributed by atoms with Gasteiger partial charge in [-0.15, -0.1) is 0 Å². The van der Waals surface area contributed by atoms with E-state index in [-0.39, 0.29) is 12.6 Å². The zero-order valence-electron chi connectivity index (χ0n) is 10.8. The van der Waals surface area contributed by atoms with E-state index >= 15 is 0 Å². The number of nitrogens with one attached hydrogen (secondary N) is 1. The predicted octanol–water partition coefficient (Wildman–Crippen LogP) is 3.06. The maximum Gasteiger partial charge on any atom is 0.0533 e. The molecule has 0 aliphatic heterocycles. The molecule has 0 radical (unpaired) electrons. The summed E-state index contributed by atoms with van der Waals surface area (Å²) >= 11 is 0. The Labute approximate surface area is 104 Å². The molecule has 0 fully saturated rings. The maximum absolute atomic E-state index is 8.88. The molecule has 0 aliphatic rings. The summed E-state index contributed by atoms with van der Waals surface area (Å²) in [6.07, 6.45) is 3.96. The molecule has 0 saturated heterocycles. The van der Waals surface area contributed by atoms with Crippen LogP contribution in [-0.4, -0.2) is 18.3 Å². The fourth-order valence-corrected chi connectivity index (χ4v) is 1.89. The Morgan fingerprint density at radius 1 is 1.35 bits per heavy atom. The van der Waals surface area contributed by atoms with Gasteiger partial charge in [-0.3, -0.25) is 0 Å². The summed E-state index contributed by atoms with van der Waals surface area (Å²) in [7, 11) is 0. The fourth-order valence-electron chi connectivity index (χ4n) is 1.89. The smallest absolute Gasteiger partial charge is 0.0533 e. The Bertz CT molecular complexity index is 332. The second kappa shape index (κ2) is 8.04. The quantitative estimate of drug-likeness (QED) is 0.709. The van der Waals surface area contributed by atoms with Crippen LogP contribution in [0.1, 0.15) is 38.3 Å². The molecule has 1 unspecified atom stereocenters. The van der Waals surface area contributed by atoms with Crippen molar-refractivity contribution in [3.8, 4) is 0 Å². The van der Waals surface area contributed by atoms with Gasteiger partial charge in [-0.25, -0.2) is 0 Å². The molecule has 17 heavy (non-hydrogen) atoms. The van der Waals surface area contributed by atoms with Gasteiger partial charge in [-0.2, -0.15) is 0 Å². The van der Waals surface area contributed by atoms with Crippen molar-refractivity contribution in [3.05, 3.63) is 47.5 Å². The Hall–Kier alpha value is -1.12. The van der Waals surface area contributed by atoms with Crippen LogP contribution in [0.3, 0.4) is 0 Å². The van der Waals surface area contributed by atoms with Gasteiger partial charge in [0.2, 0.25) is 0 Å². The minimum atomic E-state index is 0.215. The third-order valence-corrected chi connectivity index (χ3v) is 2.78. The van der Waals surface area contributed by atoms with E-state index in [1.54, 1.807) is 0 Å². The summed E-state index contributed by atoms with van der Waals surface area (Å²) in [6, 6.07) is 10.7. The lowest BCUT2D eigenvalue weighted by molar-refractivity contribution is 0.302. The first-order valence-electron chi connectivity index (χ1n) is 6.35. The average Bonchev–Trinajstić information content (AvgIpc) is 2.38. The van der Waals surface area contributed by atoms with Gasteiger partial charge in [0.05, 0.1) is 6.04 Å². The molecule has 0 saturated carbocycles. The van der Waals surface area contributed by atoms with E-state index in [2.05, 4.69) is 49.5 Å². The van der Waals surface area contributed by atoms with E-state index in [0.29, 0.717) is 0 Å². The van der Waals surface area contributed by atoms with Crippen LogP contribution in [0.4, 0.5) is 0 Å². The van der Waals surface area contributed by atoms with Crippen molar-refractivity contribution in [3.63, 3.8) is 0 Å². The Morgan fingerprint density at radius 3 is 2.65 bits per heavy atom. The number of rotatable bonds is 7. The number of hydrogen-bond acceptors (Lipinski definition) is 2. The molecule has 1 atom stereocenters. The average molecular weight is 233 g/mol. The first-order valence-corrected chi connectivity index (χ1v) is 6.35. The van der Waals surface area contributed by atoms with E-state index in [1.807, 2.05) is 6.07 Å². The fraction of sp³-hybridized carbons (Fsp3) is 0.467. The highest BCUT2D eigenvalue weighted by Crippen LogP contribution is 2.21. The largest absolute Gasteiger partial charge is 0.396 e. The molecule has 2 N–H and O–H groups in total. The summed E-state index contributed by atoms with van der Waals surface area (Å²) < 4.78 is 0. The zero-order valence-corrected chi connectivity index (χ0v) is 10.8. The topological polar surface area (TPSA) is 32.3 Å². The zero-order chi connectivity index (χ0) is 12.5. The van der Waals surface area contributed by atoms with Gasteiger partial charge in [0.1, 0.15) is 0 Å². The summed E-state index contributed by atoms with van der Waals surface area (Å²) in [6.45, 7) is 5.51. The van der Waals surface area contributed by atoms with E-state index in [1.165, 1.54) is 11.1 Å². The normalized spacial score (nSPS) is 13.7. The predicted molar refractivity (Wildman–Crippen MR) is 72.9 cm³/mol. The van der Waals surface area contributed by atoms with Crippen LogP contribution in [0.25, 0.3) is 0 Å². The van der Waals surface area contributed by atoms with Crippen molar-refractivity contribution < 1.29 is 5.11 Å². The van der Waals surface area contributed by atoms with Crippen molar-refractivity contribution in [1.29, 1.82) is 0 Å². The van der Waals surface area contributed by atoms with E-state index < -0.39 is 0 Å². The van der Waals surface area contributed by atoms with Crippen molar-refractivity contribution in [2.24, 2.45) is 0 Å². The molecule has 0 spiro atoms.